The molecule has 1 saturated heterocycles. The van der Waals surface area contributed by atoms with Crippen LogP contribution in [0.3, 0.4) is 0 Å². The molecule has 8 heteroatoms. The maximum atomic E-state index is 12.0. The fourth-order valence-corrected chi connectivity index (χ4v) is 2.37. The van der Waals surface area contributed by atoms with Gasteiger partial charge in [-0.3, -0.25) is 9.69 Å². The fraction of sp³-hybridized carbons (Fsp3) is 0.688. The van der Waals surface area contributed by atoms with Gasteiger partial charge in [0.25, 0.3) is 0 Å². The van der Waals surface area contributed by atoms with Crippen LogP contribution in [0.25, 0.3) is 0 Å². The number of aryl methyl sites for hydroxylation is 1. The SMILES string of the molecule is Cc1cc(NC(=O)CCN2CCN(C(=O)OC(C)(C)C)CC2)no1. The number of aromatic nitrogens is 1. The number of amides is 2. The number of piperazine rings is 1. The summed E-state index contributed by atoms with van der Waals surface area (Å²) in [5.41, 5.74) is -0.480. The van der Waals surface area contributed by atoms with Crippen molar-refractivity contribution in [3.05, 3.63) is 11.8 Å². The summed E-state index contributed by atoms with van der Waals surface area (Å²) in [4.78, 5) is 27.8. The maximum Gasteiger partial charge on any atom is 0.410 e. The summed E-state index contributed by atoms with van der Waals surface area (Å²) in [6.07, 6.45) is 0.0968. The van der Waals surface area contributed by atoms with Crippen molar-refractivity contribution in [2.24, 2.45) is 0 Å². The lowest BCUT2D eigenvalue weighted by molar-refractivity contribution is -0.116. The second kappa shape index (κ2) is 7.65. The van der Waals surface area contributed by atoms with Crippen LogP contribution in [0, 0.1) is 6.92 Å². The quantitative estimate of drug-likeness (QED) is 0.901. The molecule has 1 aliphatic heterocycles. The predicted molar refractivity (Wildman–Crippen MR) is 88.7 cm³/mol. The van der Waals surface area contributed by atoms with Crippen molar-refractivity contribution in [1.29, 1.82) is 0 Å². The smallest absolute Gasteiger partial charge is 0.410 e. The van der Waals surface area contributed by atoms with E-state index in [0.29, 0.717) is 37.6 Å². The molecule has 1 fully saturated rings. The van der Waals surface area contributed by atoms with Gasteiger partial charge >= 0.3 is 6.09 Å². The third-order valence-electron chi connectivity index (χ3n) is 3.57. The molecular weight excluding hydrogens is 312 g/mol. The molecular formula is C16H26N4O4. The van der Waals surface area contributed by atoms with Crippen molar-refractivity contribution in [2.45, 2.75) is 39.7 Å². The van der Waals surface area contributed by atoms with Crippen LogP contribution in [-0.4, -0.2) is 65.3 Å². The molecule has 0 spiro atoms. The van der Waals surface area contributed by atoms with E-state index in [9.17, 15) is 9.59 Å². The van der Waals surface area contributed by atoms with Crippen molar-refractivity contribution in [1.82, 2.24) is 15.0 Å². The van der Waals surface area contributed by atoms with Crippen molar-refractivity contribution in [3.63, 3.8) is 0 Å². The number of hydrogen-bond donors (Lipinski definition) is 1. The van der Waals surface area contributed by atoms with Gasteiger partial charge in [-0.1, -0.05) is 5.16 Å². The highest BCUT2D eigenvalue weighted by molar-refractivity contribution is 5.89. The average molecular weight is 338 g/mol. The van der Waals surface area contributed by atoms with E-state index in [1.54, 1.807) is 17.9 Å². The highest BCUT2D eigenvalue weighted by atomic mass is 16.6. The van der Waals surface area contributed by atoms with Gasteiger partial charge < -0.3 is 19.5 Å². The first-order chi connectivity index (χ1) is 11.2. The Morgan fingerprint density at radius 2 is 1.96 bits per heavy atom. The van der Waals surface area contributed by atoms with Gasteiger partial charge in [-0.15, -0.1) is 0 Å². The fourth-order valence-electron chi connectivity index (χ4n) is 2.37. The second-order valence-electron chi connectivity index (χ2n) is 6.93. The highest BCUT2D eigenvalue weighted by Crippen LogP contribution is 2.12. The van der Waals surface area contributed by atoms with E-state index in [2.05, 4.69) is 15.4 Å². The second-order valence-corrected chi connectivity index (χ2v) is 6.93. The van der Waals surface area contributed by atoms with E-state index in [0.717, 1.165) is 13.1 Å². The van der Waals surface area contributed by atoms with Crippen LogP contribution in [0.15, 0.2) is 10.6 Å². The van der Waals surface area contributed by atoms with Gasteiger partial charge in [0.15, 0.2) is 5.82 Å². The van der Waals surface area contributed by atoms with Crippen molar-refractivity contribution in [2.75, 3.05) is 38.0 Å². The lowest BCUT2D eigenvalue weighted by Crippen LogP contribution is -2.50. The molecule has 8 nitrogen and oxygen atoms in total. The molecule has 0 aromatic carbocycles. The lowest BCUT2D eigenvalue weighted by Gasteiger charge is -2.35. The highest BCUT2D eigenvalue weighted by Gasteiger charge is 2.25. The molecule has 1 aromatic rings. The van der Waals surface area contributed by atoms with E-state index < -0.39 is 5.60 Å². The van der Waals surface area contributed by atoms with E-state index in [-0.39, 0.29) is 12.0 Å². The molecule has 2 heterocycles. The third-order valence-corrected chi connectivity index (χ3v) is 3.57. The molecule has 134 valence electrons. The number of nitrogens with zero attached hydrogens (tertiary/aromatic N) is 3. The number of rotatable bonds is 4. The molecule has 0 aliphatic carbocycles. The van der Waals surface area contributed by atoms with Crippen LogP contribution in [-0.2, 0) is 9.53 Å². The minimum Gasteiger partial charge on any atom is -0.444 e. The molecule has 2 rings (SSSR count). The van der Waals surface area contributed by atoms with Crippen LogP contribution in [0.2, 0.25) is 0 Å². The van der Waals surface area contributed by atoms with Crippen molar-refractivity contribution >= 4 is 17.8 Å². The van der Waals surface area contributed by atoms with Gasteiger partial charge in [0.2, 0.25) is 5.91 Å². The molecule has 0 unspecified atom stereocenters. The minimum absolute atomic E-state index is 0.0992. The number of nitrogens with one attached hydrogen (secondary N) is 1. The first-order valence-corrected chi connectivity index (χ1v) is 8.16. The molecule has 1 aliphatic rings. The first-order valence-electron chi connectivity index (χ1n) is 8.16. The molecule has 0 radical (unpaired) electrons. The predicted octanol–water partition coefficient (Wildman–Crippen LogP) is 1.86. The lowest BCUT2D eigenvalue weighted by atomic mass is 10.2. The van der Waals surface area contributed by atoms with Crippen LogP contribution in [0.4, 0.5) is 10.6 Å². The summed E-state index contributed by atoms with van der Waals surface area (Å²) in [6.45, 7) is 10.7. The summed E-state index contributed by atoms with van der Waals surface area (Å²) in [6, 6.07) is 1.68. The largest absolute Gasteiger partial charge is 0.444 e. The normalized spacial score (nSPS) is 16.1. The molecule has 1 aromatic heterocycles. The molecule has 0 saturated carbocycles. The summed E-state index contributed by atoms with van der Waals surface area (Å²) in [5.74, 6) is 0.994. The van der Waals surface area contributed by atoms with E-state index in [1.807, 2.05) is 20.8 Å². The Balaban J connectivity index is 1.67. The Kier molecular flexibility index (Phi) is 5.82. The van der Waals surface area contributed by atoms with Crippen LogP contribution in [0.1, 0.15) is 33.0 Å². The van der Waals surface area contributed by atoms with Gasteiger partial charge in [0.05, 0.1) is 0 Å². The van der Waals surface area contributed by atoms with E-state index in [1.165, 1.54) is 0 Å². The molecule has 0 atom stereocenters. The van der Waals surface area contributed by atoms with Gasteiger partial charge in [-0.2, -0.15) is 0 Å². The average Bonchev–Trinajstić information content (AvgIpc) is 2.89. The number of ether oxygens (including phenoxy) is 1. The zero-order valence-corrected chi connectivity index (χ0v) is 14.8. The van der Waals surface area contributed by atoms with Crippen molar-refractivity contribution in [3.8, 4) is 0 Å². The summed E-state index contributed by atoms with van der Waals surface area (Å²) in [5, 5.41) is 6.43. The van der Waals surface area contributed by atoms with E-state index >= 15 is 0 Å². The topological polar surface area (TPSA) is 87.9 Å². The summed E-state index contributed by atoms with van der Waals surface area (Å²) >= 11 is 0. The Morgan fingerprint density at radius 1 is 1.29 bits per heavy atom. The Bertz CT molecular complexity index is 571. The zero-order valence-electron chi connectivity index (χ0n) is 14.8. The maximum absolute atomic E-state index is 12.0. The number of hydrogen-bond acceptors (Lipinski definition) is 6. The number of carbonyl (C=O) groups excluding carboxylic acids is 2. The standard InChI is InChI=1S/C16H26N4O4/c1-12-11-13(18-24-12)17-14(21)5-6-19-7-9-20(10-8-19)15(22)23-16(2,3)4/h11H,5-10H2,1-4H3,(H,17,18,21). The van der Waals surface area contributed by atoms with Crippen LogP contribution >= 0.6 is 0 Å². The summed E-state index contributed by atoms with van der Waals surface area (Å²) < 4.78 is 10.3. The molecule has 24 heavy (non-hydrogen) atoms. The zero-order chi connectivity index (χ0) is 17.7. The van der Waals surface area contributed by atoms with Crippen LogP contribution in [0.5, 0.6) is 0 Å². The first kappa shape index (κ1) is 18.3. The van der Waals surface area contributed by atoms with E-state index in [4.69, 9.17) is 9.26 Å². The Hall–Kier alpha value is -2.09. The molecule has 2 amide bonds. The summed E-state index contributed by atoms with van der Waals surface area (Å²) in [7, 11) is 0. The third kappa shape index (κ3) is 5.84. The monoisotopic (exact) mass is 338 g/mol. The number of carbonyl (C=O) groups is 2. The molecule has 0 bridgehead atoms. The van der Waals surface area contributed by atoms with Crippen molar-refractivity contribution < 1.29 is 18.8 Å². The van der Waals surface area contributed by atoms with Gasteiger partial charge in [-0.05, 0) is 27.7 Å². The number of anilines is 1. The van der Waals surface area contributed by atoms with Gasteiger partial charge in [0, 0.05) is 45.2 Å². The molecule has 1 N–H and O–H groups in total. The van der Waals surface area contributed by atoms with Crippen LogP contribution < -0.4 is 5.32 Å². The minimum atomic E-state index is -0.480. The Labute approximate surface area is 142 Å². The van der Waals surface area contributed by atoms with Gasteiger partial charge in [-0.25, -0.2) is 4.79 Å². The van der Waals surface area contributed by atoms with Gasteiger partial charge in [0.1, 0.15) is 11.4 Å². The Morgan fingerprint density at radius 3 is 2.50 bits per heavy atom.